The maximum absolute atomic E-state index is 12.2. The molecule has 1 heterocycles. The van der Waals surface area contributed by atoms with Crippen molar-refractivity contribution < 1.29 is 8.42 Å². The predicted molar refractivity (Wildman–Crippen MR) is 83.6 cm³/mol. The Kier molecular flexibility index (Phi) is 5.17. The van der Waals surface area contributed by atoms with Crippen LogP contribution < -0.4 is 10.0 Å². The van der Waals surface area contributed by atoms with Crippen molar-refractivity contribution >= 4 is 27.0 Å². The number of anilines is 1. The molecule has 20 heavy (non-hydrogen) atoms. The van der Waals surface area contributed by atoms with Gasteiger partial charge in [-0.3, -0.25) is 0 Å². The fourth-order valence-corrected chi connectivity index (χ4v) is 3.74. The first-order valence-electron chi connectivity index (χ1n) is 6.47. The Morgan fingerprint density at radius 2 is 2.00 bits per heavy atom. The summed E-state index contributed by atoms with van der Waals surface area (Å²) in [4.78, 5) is 0.295. The van der Waals surface area contributed by atoms with E-state index in [9.17, 15) is 8.42 Å². The molecule has 0 saturated heterocycles. The normalized spacial score (nSPS) is 11.4. The summed E-state index contributed by atoms with van der Waals surface area (Å²) in [7, 11) is -3.45. The third-order valence-electron chi connectivity index (χ3n) is 2.78. The number of para-hydroxylation sites is 1. The minimum atomic E-state index is -3.45. The van der Waals surface area contributed by atoms with Crippen molar-refractivity contribution in [1.82, 2.24) is 4.72 Å². The summed E-state index contributed by atoms with van der Waals surface area (Å²) < 4.78 is 27.0. The molecule has 0 bridgehead atoms. The largest absolute Gasteiger partial charge is 0.380 e. The molecule has 0 aliphatic rings. The van der Waals surface area contributed by atoms with Crippen molar-refractivity contribution in [2.24, 2.45) is 0 Å². The van der Waals surface area contributed by atoms with Gasteiger partial charge in [-0.25, -0.2) is 13.1 Å². The van der Waals surface area contributed by atoms with Crippen molar-refractivity contribution in [3.8, 4) is 0 Å². The van der Waals surface area contributed by atoms with Crippen LogP contribution in [0.15, 0.2) is 46.0 Å². The molecule has 0 aliphatic carbocycles. The van der Waals surface area contributed by atoms with Gasteiger partial charge in [0.2, 0.25) is 10.0 Å². The zero-order chi connectivity index (χ0) is 14.4. The molecule has 4 nitrogen and oxygen atoms in total. The highest BCUT2D eigenvalue weighted by Crippen LogP contribution is 2.21. The van der Waals surface area contributed by atoms with Gasteiger partial charge >= 0.3 is 0 Å². The molecular formula is C14H18N2O2S2. The molecule has 108 valence electrons. The number of nitrogens with one attached hydrogen (secondary N) is 2. The average molecular weight is 310 g/mol. The monoisotopic (exact) mass is 310 g/mol. The van der Waals surface area contributed by atoms with E-state index in [0.717, 1.165) is 12.0 Å². The van der Waals surface area contributed by atoms with Crippen LogP contribution in [-0.4, -0.2) is 15.0 Å². The molecule has 2 N–H and O–H groups in total. The fraction of sp³-hybridized carbons (Fsp3) is 0.286. The molecule has 0 radical (unpaired) electrons. The van der Waals surface area contributed by atoms with Gasteiger partial charge in [-0.15, -0.1) is 0 Å². The van der Waals surface area contributed by atoms with Crippen molar-refractivity contribution in [1.29, 1.82) is 0 Å². The Labute approximate surface area is 123 Å². The number of sulfonamides is 1. The lowest BCUT2D eigenvalue weighted by Crippen LogP contribution is -2.25. The maximum atomic E-state index is 12.2. The second-order valence-corrected chi connectivity index (χ2v) is 6.89. The summed E-state index contributed by atoms with van der Waals surface area (Å²) in [6.07, 6.45) is 0.768. The lowest BCUT2D eigenvalue weighted by molar-refractivity contribution is 0.581. The first-order chi connectivity index (χ1) is 9.63. The van der Waals surface area contributed by atoms with Gasteiger partial charge in [-0.1, -0.05) is 19.1 Å². The Morgan fingerprint density at radius 3 is 2.70 bits per heavy atom. The third kappa shape index (κ3) is 3.82. The smallest absolute Gasteiger partial charge is 0.242 e. The van der Waals surface area contributed by atoms with E-state index in [1.165, 1.54) is 0 Å². The van der Waals surface area contributed by atoms with Crippen molar-refractivity contribution in [3.05, 3.63) is 46.7 Å². The lowest BCUT2D eigenvalue weighted by atomic mass is 10.3. The van der Waals surface area contributed by atoms with E-state index in [1.807, 2.05) is 29.8 Å². The number of rotatable bonds is 7. The van der Waals surface area contributed by atoms with Gasteiger partial charge in [0.15, 0.2) is 0 Å². The van der Waals surface area contributed by atoms with Gasteiger partial charge in [0.1, 0.15) is 4.90 Å². The Bertz CT molecular complexity index is 637. The van der Waals surface area contributed by atoms with Crippen LogP contribution in [0.3, 0.4) is 0 Å². The van der Waals surface area contributed by atoms with Crippen molar-refractivity contribution in [2.45, 2.75) is 24.8 Å². The Hall–Kier alpha value is -1.37. The van der Waals surface area contributed by atoms with Crippen molar-refractivity contribution in [3.63, 3.8) is 0 Å². The Morgan fingerprint density at radius 1 is 1.20 bits per heavy atom. The molecule has 0 saturated carbocycles. The molecule has 0 unspecified atom stereocenters. The highest BCUT2D eigenvalue weighted by Gasteiger charge is 2.17. The summed E-state index contributed by atoms with van der Waals surface area (Å²) in [5.74, 6) is 0. The van der Waals surface area contributed by atoms with Crippen LogP contribution in [0.2, 0.25) is 0 Å². The van der Waals surface area contributed by atoms with Gasteiger partial charge in [-0.05, 0) is 40.9 Å². The van der Waals surface area contributed by atoms with Gasteiger partial charge < -0.3 is 5.32 Å². The van der Waals surface area contributed by atoms with Gasteiger partial charge in [-0.2, -0.15) is 11.3 Å². The van der Waals surface area contributed by atoms with Crippen LogP contribution in [0.5, 0.6) is 0 Å². The highest BCUT2D eigenvalue weighted by atomic mass is 32.2. The number of hydrogen-bond donors (Lipinski definition) is 2. The lowest BCUT2D eigenvalue weighted by Gasteiger charge is -2.12. The van der Waals surface area contributed by atoms with Crippen LogP contribution in [0.1, 0.15) is 18.9 Å². The topological polar surface area (TPSA) is 58.2 Å². The summed E-state index contributed by atoms with van der Waals surface area (Å²) in [6.45, 7) is 2.99. The number of hydrogen-bond acceptors (Lipinski definition) is 4. The zero-order valence-corrected chi connectivity index (χ0v) is 12.9. The van der Waals surface area contributed by atoms with Crippen LogP contribution in [-0.2, 0) is 16.6 Å². The minimum absolute atomic E-state index is 0.295. The first-order valence-corrected chi connectivity index (χ1v) is 8.89. The Balaban J connectivity index is 2.17. The molecular weight excluding hydrogens is 292 g/mol. The summed E-state index contributed by atoms with van der Waals surface area (Å²) in [5.41, 5.74) is 1.77. The molecule has 0 amide bonds. The van der Waals surface area contributed by atoms with E-state index in [0.29, 0.717) is 23.7 Å². The van der Waals surface area contributed by atoms with E-state index < -0.39 is 10.0 Å². The molecule has 0 spiro atoms. The fourth-order valence-electron chi connectivity index (χ4n) is 1.75. The van der Waals surface area contributed by atoms with E-state index >= 15 is 0 Å². The average Bonchev–Trinajstić information content (AvgIpc) is 2.96. The summed E-state index contributed by atoms with van der Waals surface area (Å²) >= 11 is 1.62. The maximum Gasteiger partial charge on any atom is 0.242 e. The van der Waals surface area contributed by atoms with Gasteiger partial charge in [0, 0.05) is 13.1 Å². The predicted octanol–water partition coefficient (Wildman–Crippen LogP) is 3.05. The van der Waals surface area contributed by atoms with Gasteiger partial charge in [0.05, 0.1) is 5.69 Å². The molecule has 1 aromatic heterocycles. The van der Waals surface area contributed by atoms with E-state index in [4.69, 9.17) is 0 Å². The van der Waals surface area contributed by atoms with Crippen LogP contribution in [0.4, 0.5) is 5.69 Å². The third-order valence-corrected chi connectivity index (χ3v) is 5.03. The molecule has 1 aromatic carbocycles. The zero-order valence-electron chi connectivity index (χ0n) is 11.3. The second-order valence-electron chi connectivity index (χ2n) is 4.38. The van der Waals surface area contributed by atoms with E-state index in [-0.39, 0.29) is 0 Å². The van der Waals surface area contributed by atoms with Crippen LogP contribution in [0, 0.1) is 0 Å². The standard InChI is InChI=1S/C14H18N2O2S2/c1-2-8-16-20(17,18)14-6-4-3-5-13(14)15-10-12-7-9-19-11-12/h3-7,9,11,15-16H,2,8,10H2,1H3. The summed E-state index contributed by atoms with van der Waals surface area (Å²) in [6, 6.07) is 8.98. The number of benzene rings is 1. The molecule has 0 aliphatic heterocycles. The SMILES string of the molecule is CCCNS(=O)(=O)c1ccccc1NCc1ccsc1. The minimum Gasteiger partial charge on any atom is -0.380 e. The van der Waals surface area contributed by atoms with E-state index in [2.05, 4.69) is 10.0 Å². The first kappa shape index (κ1) is 15.0. The second kappa shape index (κ2) is 6.88. The molecule has 0 atom stereocenters. The van der Waals surface area contributed by atoms with Crippen molar-refractivity contribution in [2.75, 3.05) is 11.9 Å². The molecule has 2 rings (SSSR count). The molecule has 2 aromatic rings. The van der Waals surface area contributed by atoms with Crippen LogP contribution >= 0.6 is 11.3 Å². The number of thiophene rings is 1. The quantitative estimate of drug-likeness (QED) is 0.826. The van der Waals surface area contributed by atoms with Crippen LogP contribution in [0.25, 0.3) is 0 Å². The van der Waals surface area contributed by atoms with Gasteiger partial charge in [0.25, 0.3) is 0 Å². The molecule has 6 heteroatoms. The van der Waals surface area contributed by atoms with E-state index in [1.54, 1.807) is 29.5 Å². The highest BCUT2D eigenvalue weighted by molar-refractivity contribution is 7.89. The summed E-state index contributed by atoms with van der Waals surface area (Å²) in [5, 5.41) is 7.23. The molecule has 0 fully saturated rings.